The lowest BCUT2D eigenvalue weighted by Gasteiger charge is -2.14. The third-order valence-electron chi connectivity index (χ3n) is 3.04. The van der Waals surface area contributed by atoms with Crippen molar-refractivity contribution in [2.45, 2.75) is 19.3 Å². The van der Waals surface area contributed by atoms with Crippen molar-refractivity contribution in [2.75, 3.05) is 12.3 Å². The van der Waals surface area contributed by atoms with E-state index < -0.39 is 0 Å². The van der Waals surface area contributed by atoms with Crippen LogP contribution in [0.5, 0.6) is 0 Å². The molecule has 7 heteroatoms. The Labute approximate surface area is 103 Å². The van der Waals surface area contributed by atoms with Gasteiger partial charge in [0.25, 0.3) is 0 Å². The molecule has 2 aromatic rings. The van der Waals surface area contributed by atoms with Gasteiger partial charge in [0.05, 0.1) is 12.9 Å². The standard InChI is InChI=1S/C11H13N5O2/c1-6-2-8(18-7(6)3-17)16-5-15-9-10(12)13-4-14-11(9)16/h2,4-5,7-8,17H,3H2,1H3,(H2,12,13,14)/t7-,8-/m1/s1. The van der Waals surface area contributed by atoms with Crippen LogP contribution in [0.4, 0.5) is 5.82 Å². The average Bonchev–Trinajstić information content (AvgIpc) is 2.93. The molecule has 1 aliphatic heterocycles. The Morgan fingerprint density at radius 2 is 2.28 bits per heavy atom. The van der Waals surface area contributed by atoms with Crippen molar-refractivity contribution >= 4 is 17.0 Å². The molecule has 3 heterocycles. The minimum absolute atomic E-state index is 0.0391. The number of nitrogens with two attached hydrogens (primary N) is 1. The van der Waals surface area contributed by atoms with Gasteiger partial charge in [-0.05, 0) is 18.6 Å². The van der Waals surface area contributed by atoms with Crippen LogP contribution in [0.15, 0.2) is 24.3 Å². The fourth-order valence-electron chi connectivity index (χ4n) is 2.04. The quantitative estimate of drug-likeness (QED) is 0.738. The molecule has 0 saturated carbocycles. The van der Waals surface area contributed by atoms with Gasteiger partial charge in [-0.2, -0.15) is 0 Å². The number of hydrogen-bond donors (Lipinski definition) is 2. The monoisotopic (exact) mass is 247 g/mol. The molecule has 0 aliphatic carbocycles. The van der Waals surface area contributed by atoms with Crippen molar-refractivity contribution in [1.29, 1.82) is 0 Å². The van der Waals surface area contributed by atoms with E-state index in [9.17, 15) is 5.11 Å². The van der Waals surface area contributed by atoms with Gasteiger partial charge in [-0.1, -0.05) is 0 Å². The number of hydrogen-bond acceptors (Lipinski definition) is 6. The summed E-state index contributed by atoms with van der Waals surface area (Å²) in [6.07, 6.45) is 4.35. The second kappa shape index (κ2) is 4.04. The van der Waals surface area contributed by atoms with Crippen molar-refractivity contribution < 1.29 is 9.84 Å². The summed E-state index contributed by atoms with van der Waals surface area (Å²) in [6.45, 7) is 1.88. The minimum Gasteiger partial charge on any atom is -0.393 e. The molecule has 94 valence electrons. The topological polar surface area (TPSA) is 99.1 Å². The first kappa shape index (κ1) is 11.1. The van der Waals surface area contributed by atoms with Crippen LogP contribution in [-0.2, 0) is 4.74 Å². The number of aromatic nitrogens is 4. The number of imidazole rings is 1. The first-order valence-electron chi connectivity index (χ1n) is 5.58. The number of anilines is 1. The molecule has 0 radical (unpaired) electrons. The summed E-state index contributed by atoms with van der Waals surface area (Å²) in [5.41, 5.74) is 7.89. The van der Waals surface area contributed by atoms with E-state index in [2.05, 4.69) is 15.0 Å². The summed E-state index contributed by atoms with van der Waals surface area (Å²) in [6, 6.07) is 0. The first-order chi connectivity index (χ1) is 8.70. The maximum Gasteiger partial charge on any atom is 0.167 e. The van der Waals surface area contributed by atoms with E-state index >= 15 is 0 Å². The van der Waals surface area contributed by atoms with E-state index in [0.29, 0.717) is 17.0 Å². The third-order valence-corrected chi connectivity index (χ3v) is 3.04. The van der Waals surface area contributed by atoms with Crippen molar-refractivity contribution in [3.63, 3.8) is 0 Å². The van der Waals surface area contributed by atoms with Crippen molar-refractivity contribution in [1.82, 2.24) is 19.5 Å². The van der Waals surface area contributed by atoms with Crippen LogP contribution < -0.4 is 5.73 Å². The highest BCUT2D eigenvalue weighted by Crippen LogP contribution is 2.29. The number of rotatable bonds is 2. The molecule has 7 nitrogen and oxygen atoms in total. The lowest BCUT2D eigenvalue weighted by molar-refractivity contribution is -0.00998. The highest BCUT2D eigenvalue weighted by Gasteiger charge is 2.26. The number of nitrogen functional groups attached to an aromatic ring is 1. The SMILES string of the molecule is CC1=C[C@H](n2cnc3c(N)ncnc32)O[C@@H]1CO. The summed E-state index contributed by atoms with van der Waals surface area (Å²) < 4.78 is 7.46. The fraction of sp³-hybridized carbons (Fsp3) is 0.364. The molecular formula is C11H13N5O2. The van der Waals surface area contributed by atoms with Gasteiger partial charge in [-0.25, -0.2) is 15.0 Å². The Kier molecular flexibility index (Phi) is 2.49. The van der Waals surface area contributed by atoms with Crippen molar-refractivity contribution in [3.8, 4) is 0 Å². The van der Waals surface area contributed by atoms with Crippen LogP contribution in [0.1, 0.15) is 13.2 Å². The highest BCUT2D eigenvalue weighted by molar-refractivity contribution is 5.81. The Balaban J connectivity index is 2.04. The van der Waals surface area contributed by atoms with Gasteiger partial charge in [0, 0.05) is 0 Å². The van der Waals surface area contributed by atoms with Gasteiger partial charge in [-0.3, -0.25) is 4.57 Å². The van der Waals surface area contributed by atoms with E-state index in [1.807, 2.05) is 13.0 Å². The smallest absolute Gasteiger partial charge is 0.167 e. The lowest BCUT2D eigenvalue weighted by Crippen LogP contribution is -2.17. The predicted octanol–water partition coefficient (Wildman–Crippen LogP) is 0.245. The van der Waals surface area contributed by atoms with Gasteiger partial charge in [-0.15, -0.1) is 0 Å². The predicted molar refractivity (Wildman–Crippen MR) is 64.5 cm³/mol. The molecular weight excluding hydrogens is 234 g/mol. The summed E-state index contributed by atoms with van der Waals surface area (Å²) >= 11 is 0. The fourth-order valence-corrected chi connectivity index (χ4v) is 2.04. The van der Waals surface area contributed by atoms with Gasteiger partial charge in [0.2, 0.25) is 0 Å². The summed E-state index contributed by atoms with van der Waals surface area (Å²) in [7, 11) is 0. The summed E-state index contributed by atoms with van der Waals surface area (Å²) in [5, 5.41) is 9.17. The maximum atomic E-state index is 9.17. The third kappa shape index (κ3) is 1.56. The summed E-state index contributed by atoms with van der Waals surface area (Å²) in [5.74, 6) is 0.344. The number of ether oxygens (including phenoxy) is 1. The van der Waals surface area contributed by atoms with Crippen molar-refractivity contribution in [3.05, 3.63) is 24.3 Å². The van der Waals surface area contributed by atoms with Crippen molar-refractivity contribution in [2.24, 2.45) is 0 Å². The summed E-state index contributed by atoms with van der Waals surface area (Å²) in [4.78, 5) is 12.2. The Morgan fingerprint density at radius 1 is 1.44 bits per heavy atom. The number of nitrogens with zero attached hydrogens (tertiary/aromatic N) is 4. The van der Waals surface area contributed by atoms with Crippen LogP contribution in [-0.4, -0.2) is 37.3 Å². The zero-order valence-corrected chi connectivity index (χ0v) is 9.82. The number of aliphatic hydroxyl groups is 1. The Morgan fingerprint density at radius 3 is 3.00 bits per heavy atom. The molecule has 0 spiro atoms. The van der Waals surface area contributed by atoms with E-state index in [-0.39, 0.29) is 18.9 Å². The van der Waals surface area contributed by atoms with E-state index in [1.165, 1.54) is 6.33 Å². The van der Waals surface area contributed by atoms with Gasteiger partial charge in [0.1, 0.15) is 17.9 Å². The number of aliphatic hydroxyl groups excluding tert-OH is 1. The van der Waals surface area contributed by atoms with Crippen LogP contribution in [0.25, 0.3) is 11.2 Å². The molecule has 3 N–H and O–H groups in total. The normalized spacial score (nSPS) is 23.6. The van der Waals surface area contributed by atoms with Crippen LogP contribution in [0.2, 0.25) is 0 Å². The zero-order valence-electron chi connectivity index (χ0n) is 9.82. The second-order valence-corrected chi connectivity index (χ2v) is 4.19. The van der Waals surface area contributed by atoms with E-state index in [4.69, 9.17) is 10.5 Å². The molecule has 0 amide bonds. The average molecular weight is 247 g/mol. The van der Waals surface area contributed by atoms with E-state index in [0.717, 1.165) is 5.57 Å². The van der Waals surface area contributed by atoms with Gasteiger partial charge in [0.15, 0.2) is 17.7 Å². The molecule has 2 aromatic heterocycles. The Bertz CT molecular complexity index is 621. The molecule has 18 heavy (non-hydrogen) atoms. The van der Waals surface area contributed by atoms with Crippen LogP contribution in [0.3, 0.4) is 0 Å². The highest BCUT2D eigenvalue weighted by atomic mass is 16.5. The first-order valence-corrected chi connectivity index (χ1v) is 5.58. The molecule has 0 fully saturated rings. The molecule has 0 unspecified atom stereocenters. The molecule has 3 rings (SSSR count). The van der Waals surface area contributed by atoms with Gasteiger partial charge >= 0.3 is 0 Å². The largest absolute Gasteiger partial charge is 0.393 e. The lowest BCUT2D eigenvalue weighted by atomic mass is 10.2. The van der Waals surface area contributed by atoms with Gasteiger partial charge < -0.3 is 15.6 Å². The molecule has 1 aliphatic rings. The zero-order chi connectivity index (χ0) is 12.7. The molecule has 0 saturated heterocycles. The minimum atomic E-state index is -0.318. The number of fused-ring (bicyclic) bond motifs is 1. The van der Waals surface area contributed by atoms with E-state index in [1.54, 1.807) is 10.9 Å². The Hall–Kier alpha value is -1.99. The molecule has 0 bridgehead atoms. The molecule has 2 atom stereocenters. The second-order valence-electron chi connectivity index (χ2n) is 4.19. The van der Waals surface area contributed by atoms with Crippen LogP contribution in [0, 0.1) is 0 Å². The molecule has 0 aromatic carbocycles. The maximum absolute atomic E-state index is 9.17. The van der Waals surface area contributed by atoms with Crippen LogP contribution >= 0.6 is 0 Å².